The van der Waals surface area contributed by atoms with Gasteiger partial charge >= 0.3 is 0 Å². The molecule has 0 fully saturated rings. The van der Waals surface area contributed by atoms with Gasteiger partial charge in [0.25, 0.3) is 11.6 Å². The first-order chi connectivity index (χ1) is 9.52. The number of hydrogen-bond donors (Lipinski definition) is 0. The van der Waals surface area contributed by atoms with Gasteiger partial charge in [-0.2, -0.15) is 4.98 Å². The Labute approximate surface area is 117 Å². The third-order valence-corrected chi connectivity index (χ3v) is 2.53. The Bertz CT molecular complexity index is 668. The smallest absolute Gasteiger partial charge is 0.272 e. The second kappa shape index (κ2) is 5.66. The van der Waals surface area contributed by atoms with E-state index in [1.165, 1.54) is 7.11 Å². The molecule has 7 nitrogen and oxygen atoms in total. The predicted octanol–water partition coefficient (Wildman–Crippen LogP) is 2.98. The molecule has 0 saturated heterocycles. The summed E-state index contributed by atoms with van der Waals surface area (Å²) in [6.07, 6.45) is 1.11. The number of aromatic nitrogens is 2. The number of non-ortho nitro benzene ring substituents is 1. The molecule has 2 rings (SSSR count). The van der Waals surface area contributed by atoms with Crippen LogP contribution in [-0.4, -0.2) is 22.0 Å². The van der Waals surface area contributed by atoms with Crippen molar-refractivity contribution in [3.8, 4) is 17.4 Å². The highest BCUT2D eigenvalue weighted by molar-refractivity contribution is 6.31. The van der Waals surface area contributed by atoms with Crippen molar-refractivity contribution in [3.05, 3.63) is 45.6 Å². The average Bonchev–Trinajstić information content (AvgIpc) is 2.41. The van der Waals surface area contributed by atoms with Crippen LogP contribution in [0.4, 0.5) is 10.1 Å². The largest absolute Gasteiger partial charge is 0.489 e. The van der Waals surface area contributed by atoms with Crippen molar-refractivity contribution in [2.24, 2.45) is 0 Å². The van der Waals surface area contributed by atoms with Crippen molar-refractivity contribution < 1.29 is 18.8 Å². The van der Waals surface area contributed by atoms with Crippen LogP contribution in [0.3, 0.4) is 0 Å². The summed E-state index contributed by atoms with van der Waals surface area (Å²) in [7, 11) is 1.32. The van der Waals surface area contributed by atoms with E-state index in [1.807, 2.05) is 0 Å². The molecular weight excluding hydrogens is 293 g/mol. The molecule has 1 aromatic heterocycles. The molecular formula is C11H7ClFN3O4. The van der Waals surface area contributed by atoms with E-state index in [2.05, 4.69) is 9.97 Å². The number of halogens is 2. The van der Waals surface area contributed by atoms with Gasteiger partial charge in [0.05, 0.1) is 18.1 Å². The molecule has 0 aliphatic heterocycles. The molecule has 9 heteroatoms. The van der Waals surface area contributed by atoms with E-state index in [0.717, 1.165) is 24.5 Å². The maximum absolute atomic E-state index is 13.7. The van der Waals surface area contributed by atoms with Crippen LogP contribution in [-0.2, 0) is 0 Å². The molecule has 104 valence electrons. The summed E-state index contributed by atoms with van der Waals surface area (Å²) < 4.78 is 23.8. The summed E-state index contributed by atoms with van der Waals surface area (Å²) in [5.74, 6) is -1.22. The van der Waals surface area contributed by atoms with Crippen LogP contribution in [0.25, 0.3) is 0 Å². The molecule has 0 atom stereocenters. The number of benzene rings is 1. The second-order valence-electron chi connectivity index (χ2n) is 3.48. The van der Waals surface area contributed by atoms with Gasteiger partial charge in [-0.05, 0) is 6.07 Å². The van der Waals surface area contributed by atoms with Crippen molar-refractivity contribution in [1.82, 2.24) is 9.97 Å². The minimum absolute atomic E-state index is 0.000167. The number of methoxy groups -OCH3 is 1. The van der Waals surface area contributed by atoms with E-state index in [-0.39, 0.29) is 28.2 Å². The topological polar surface area (TPSA) is 87.4 Å². The van der Waals surface area contributed by atoms with Gasteiger partial charge < -0.3 is 9.47 Å². The Morgan fingerprint density at radius 2 is 2.15 bits per heavy atom. The van der Waals surface area contributed by atoms with Crippen LogP contribution in [0, 0.1) is 15.9 Å². The molecule has 20 heavy (non-hydrogen) atoms. The van der Waals surface area contributed by atoms with E-state index in [4.69, 9.17) is 21.1 Å². The lowest BCUT2D eigenvalue weighted by molar-refractivity contribution is -0.385. The minimum atomic E-state index is -0.906. The lowest BCUT2D eigenvalue weighted by Gasteiger charge is -2.09. The lowest BCUT2D eigenvalue weighted by Crippen LogP contribution is -1.97. The monoisotopic (exact) mass is 299 g/mol. The minimum Gasteiger partial charge on any atom is -0.489 e. The fraction of sp³-hybridized carbons (Fsp3) is 0.0909. The van der Waals surface area contributed by atoms with Crippen molar-refractivity contribution in [2.75, 3.05) is 7.11 Å². The SMILES string of the molecule is COc1c(Cl)ncnc1Oc1ccc([N+](=O)[O-])cc1F. The Balaban J connectivity index is 2.36. The molecule has 0 N–H and O–H groups in total. The number of nitrogens with zero attached hydrogens (tertiary/aromatic N) is 3. The second-order valence-corrected chi connectivity index (χ2v) is 3.83. The van der Waals surface area contributed by atoms with Crippen LogP contribution in [0.15, 0.2) is 24.5 Å². The Morgan fingerprint density at radius 3 is 2.75 bits per heavy atom. The van der Waals surface area contributed by atoms with Gasteiger partial charge in [-0.15, -0.1) is 0 Å². The summed E-state index contributed by atoms with van der Waals surface area (Å²) in [6, 6.07) is 2.96. The molecule has 0 aliphatic carbocycles. The molecule has 0 bridgehead atoms. The van der Waals surface area contributed by atoms with Crippen molar-refractivity contribution in [1.29, 1.82) is 0 Å². The first kappa shape index (κ1) is 13.9. The molecule has 1 heterocycles. The van der Waals surface area contributed by atoms with E-state index >= 15 is 0 Å². The lowest BCUT2D eigenvalue weighted by atomic mass is 10.3. The highest BCUT2D eigenvalue weighted by Crippen LogP contribution is 2.35. The zero-order valence-corrected chi connectivity index (χ0v) is 10.8. The molecule has 0 spiro atoms. The Kier molecular flexibility index (Phi) is 3.94. The summed E-state index contributed by atoms with van der Waals surface area (Å²) in [4.78, 5) is 17.2. The maximum Gasteiger partial charge on any atom is 0.272 e. The zero-order chi connectivity index (χ0) is 14.7. The van der Waals surface area contributed by atoms with E-state index in [1.54, 1.807) is 0 Å². The van der Waals surface area contributed by atoms with Crippen LogP contribution in [0.2, 0.25) is 5.15 Å². The summed E-state index contributed by atoms with van der Waals surface area (Å²) >= 11 is 5.76. The van der Waals surface area contributed by atoms with E-state index < -0.39 is 10.7 Å². The number of ether oxygens (including phenoxy) is 2. The summed E-state index contributed by atoms with van der Waals surface area (Å²) in [6.45, 7) is 0. The summed E-state index contributed by atoms with van der Waals surface area (Å²) in [5.41, 5.74) is -0.387. The standard InChI is InChI=1S/C11H7ClFN3O4/c1-19-9-10(12)14-5-15-11(9)20-8-3-2-6(16(17)18)4-7(8)13/h2-5H,1H3. The van der Waals surface area contributed by atoms with Gasteiger partial charge in [0, 0.05) is 6.07 Å². The first-order valence-electron chi connectivity index (χ1n) is 5.19. The van der Waals surface area contributed by atoms with Gasteiger partial charge in [-0.3, -0.25) is 10.1 Å². The van der Waals surface area contributed by atoms with Crippen LogP contribution >= 0.6 is 11.6 Å². The van der Waals surface area contributed by atoms with Gasteiger partial charge in [0.2, 0.25) is 5.75 Å². The molecule has 0 saturated carbocycles. The van der Waals surface area contributed by atoms with E-state index in [0.29, 0.717) is 0 Å². The molecule has 0 amide bonds. The van der Waals surface area contributed by atoms with Crippen molar-refractivity contribution in [2.45, 2.75) is 0 Å². The highest BCUT2D eigenvalue weighted by Gasteiger charge is 2.17. The Morgan fingerprint density at radius 1 is 1.40 bits per heavy atom. The number of nitro benzene ring substituents is 1. The first-order valence-corrected chi connectivity index (χ1v) is 5.57. The van der Waals surface area contributed by atoms with Crippen LogP contribution < -0.4 is 9.47 Å². The zero-order valence-electron chi connectivity index (χ0n) is 10.0. The summed E-state index contributed by atoms with van der Waals surface area (Å²) in [5, 5.41) is 10.5. The quantitative estimate of drug-likeness (QED) is 0.490. The normalized spacial score (nSPS) is 10.2. The maximum atomic E-state index is 13.7. The molecule has 2 aromatic rings. The fourth-order valence-corrected chi connectivity index (χ4v) is 1.57. The predicted molar refractivity (Wildman–Crippen MR) is 66.7 cm³/mol. The van der Waals surface area contributed by atoms with Gasteiger partial charge in [-0.25, -0.2) is 9.37 Å². The highest BCUT2D eigenvalue weighted by atomic mass is 35.5. The molecule has 0 radical (unpaired) electrons. The third-order valence-electron chi connectivity index (χ3n) is 2.26. The molecule has 0 aliphatic rings. The van der Waals surface area contributed by atoms with Crippen LogP contribution in [0.5, 0.6) is 17.4 Å². The molecule has 1 aromatic carbocycles. The van der Waals surface area contributed by atoms with Gasteiger partial charge in [0.1, 0.15) is 6.33 Å². The fourth-order valence-electron chi connectivity index (χ4n) is 1.37. The van der Waals surface area contributed by atoms with Crippen molar-refractivity contribution in [3.63, 3.8) is 0 Å². The van der Waals surface area contributed by atoms with Gasteiger partial charge in [0.15, 0.2) is 16.7 Å². The number of hydrogen-bond acceptors (Lipinski definition) is 6. The van der Waals surface area contributed by atoms with E-state index in [9.17, 15) is 14.5 Å². The van der Waals surface area contributed by atoms with Crippen molar-refractivity contribution >= 4 is 17.3 Å². The van der Waals surface area contributed by atoms with Gasteiger partial charge in [-0.1, -0.05) is 11.6 Å². The number of nitro groups is 1. The average molecular weight is 300 g/mol. The molecule has 0 unspecified atom stereocenters. The Hall–Kier alpha value is -2.48. The third kappa shape index (κ3) is 2.75. The van der Waals surface area contributed by atoms with Crippen LogP contribution in [0.1, 0.15) is 0 Å². The number of rotatable bonds is 4.